The number of ether oxygens (including phenoxy) is 1. The van der Waals surface area contributed by atoms with E-state index in [0.29, 0.717) is 59.7 Å². The van der Waals surface area contributed by atoms with Crippen molar-refractivity contribution in [2.45, 2.75) is 32.4 Å². The molecule has 1 amide bonds. The number of hydrogen-bond donors (Lipinski definition) is 1. The number of nitrogens with one attached hydrogen (secondary N) is 1. The molecular formula is C19H20ClFN4O2. The first-order valence-electron chi connectivity index (χ1n) is 9.05. The Balaban J connectivity index is 1.67. The normalized spacial score (nSPS) is 17.3. The third-order valence-electron chi connectivity index (χ3n) is 5.02. The van der Waals surface area contributed by atoms with Crippen molar-refractivity contribution < 1.29 is 13.9 Å². The molecule has 2 aromatic rings. The van der Waals surface area contributed by atoms with E-state index in [1.807, 2.05) is 6.92 Å². The van der Waals surface area contributed by atoms with Crippen molar-refractivity contribution in [3.8, 4) is 11.3 Å². The summed E-state index contributed by atoms with van der Waals surface area (Å²) in [6.07, 6.45) is 3.24. The standard InChI is InChI=1S/C19H20ClFN4O2/c1-2-25-10-14-13(18(25)26)7-11(8-16(14)21)17-15(20)9-22-19(24-17)23-12-3-5-27-6-4-12/h7-9,12H,2-6,10H2,1H3,(H,22,23,24). The first-order valence-corrected chi connectivity index (χ1v) is 9.43. The fourth-order valence-corrected chi connectivity index (χ4v) is 3.68. The van der Waals surface area contributed by atoms with Crippen LogP contribution in [-0.4, -0.2) is 46.6 Å². The van der Waals surface area contributed by atoms with Gasteiger partial charge in [0, 0.05) is 49.0 Å². The van der Waals surface area contributed by atoms with Crippen molar-refractivity contribution in [3.63, 3.8) is 0 Å². The van der Waals surface area contributed by atoms with Gasteiger partial charge in [-0.25, -0.2) is 14.4 Å². The summed E-state index contributed by atoms with van der Waals surface area (Å²) >= 11 is 6.28. The van der Waals surface area contributed by atoms with Gasteiger partial charge in [0.25, 0.3) is 5.91 Å². The van der Waals surface area contributed by atoms with Crippen LogP contribution >= 0.6 is 11.6 Å². The van der Waals surface area contributed by atoms with Gasteiger partial charge in [-0.3, -0.25) is 4.79 Å². The Morgan fingerprint density at radius 1 is 1.37 bits per heavy atom. The highest BCUT2D eigenvalue weighted by Crippen LogP contribution is 2.33. The minimum absolute atomic E-state index is 0.168. The third-order valence-corrected chi connectivity index (χ3v) is 5.29. The van der Waals surface area contributed by atoms with E-state index < -0.39 is 5.82 Å². The van der Waals surface area contributed by atoms with E-state index in [1.54, 1.807) is 11.0 Å². The Bertz CT molecular complexity index is 886. The highest BCUT2D eigenvalue weighted by molar-refractivity contribution is 6.33. The second-order valence-corrected chi connectivity index (χ2v) is 7.13. The van der Waals surface area contributed by atoms with E-state index in [0.717, 1.165) is 12.8 Å². The number of anilines is 1. The Hall–Kier alpha value is -2.25. The molecular weight excluding hydrogens is 371 g/mol. The summed E-state index contributed by atoms with van der Waals surface area (Å²) in [7, 11) is 0. The predicted octanol–water partition coefficient (Wildman–Crippen LogP) is 3.50. The van der Waals surface area contributed by atoms with Crippen molar-refractivity contribution in [1.82, 2.24) is 14.9 Å². The van der Waals surface area contributed by atoms with Crippen molar-refractivity contribution in [2.75, 3.05) is 25.1 Å². The van der Waals surface area contributed by atoms with Crippen LogP contribution in [0.15, 0.2) is 18.3 Å². The van der Waals surface area contributed by atoms with E-state index in [1.165, 1.54) is 12.3 Å². The van der Waals surface area contributed by atoms with Gasteiger partial charge in [-0.15, -0.1) is 0 Å². The first-order chi connectivity index (χ1) is 13.1. The molecule has 1 fully saturated rings. The molecule has 142 valence electrons. The Labute approximate surface area is 161 Å². The molecule has 0 atom stereocenters. The highest BCUT2D eigenvalue weighted by Gasteiger charge is 2.30. The van der Waals surface area contributed by atoms with Crippen LogP contribution in [-0.2, 0) is 11.3 Å². The molecule has 8 heteroatoms. The number of fused-ring (bicyclic) bond motifs is 1. The van der Waals surface area contributed by atoms with Crippen LogP contribution in [0.2, 0.25) is 5.02 Å². The zero-order valence-corrected chi connectivity index (χ0v) is 15.7. The second kappa shape index (κ2) is 7.40. The van der Waals surface area contributed by atoms with Gasteiger partial charge < -0.3 is 15.0 Å². The van der Waals surface area contributed by atoms with E-state index in [-0.39, 0.29) is 11.9 Å². The predicted molar refractivity (Wildman–Crippen MR) is 100 cm³/mol. The summed E-state index contributed by atoms with van der Waals surface area (Å²) in [6, 6.07) is 3.28. The zero-order valence-electron chi connectivity index (χ0n) is 15.0. The Morgan fingerprint density at radius 3 is 2.89 bits per heavy atom. The maximum atomic E-state index is 14.6. The number of rotatable bonds is 4. The van der Waals surface area contributed by atoms with E-state index >= 15 is 0 Å². The summed E-state index contributed by atoms with van der Waals surface area (Å²) in [5.74, 6) is -0.150. The number of aromatic nitrogens is 2. The number of amides is 1. The monoisotopic (exact) mass is 390 g/mol. The van der Waals surface area contributed by atoms with E-state index in [2.05, 4.69) is 15.3 Å². The van der Waals surface area contributed by atoms with E-state index in [9.17, 15) is 9.18 Å². The lowest BCUT2D eigenvalue weighted by atomic mass is 10.0. The topological polar surface area (TPSA) is 67.3 Å². The molecule has 0 aliphatic carbocycles. The van der Waals surface area contributed by atoms with Gasteiger partial charge in [0.05, 0.1) is 16.9 Å². The maximum Gasteiger partial charge on any atom is 0.254 e. The lowest BCUT2D eigenvalue weighted by Gasteiger charge is -2.23. The number of halogens is 2. The van der Waals surface area contributed by atoms with Crippen LogP contribution in [0.5, 0.6) is 0 Å². The quantitative estimate of drug-likeness (QED) is 0.865. The molecule has 4 rings (SSSR count). The summed E-state index contributed by atoms with van der Waals surface area (Å²) < 4.78 is 20.0. The molecule has 3 heterocycles. The lowest BCUT2D eigenvalue weighted by molar-refractivity contribution is 0.0787. The molecule has 1 saturated heterocycles. The minimum Gasteiger partial charge on any atom is -0.381 e. The smallest absolute Gasteiger partial charge is 0.254 e. The maximum absolute atomic E-state index is 14.6. The number of carbonyl (C=O) groups is 1. The fraction of sp³-hybridized carbons (Fsp3) is 0.421. The van der Waals surface area contributed by atoms with Crippen molar-refractivity contribution in [2.24, 2.45) is 0 Å². The second-order valence-electron chi connectivity index (χ2n) is 6.72. The number of nitrogens with zero attached hydrogens (tertiary/aromatic N) is 3. The van der Waals surface area contributed by atoms with Gasteiger partial charge in [0.15, 0.2) is 0 Å². The van der Waals surface area contributed by atoms with Crippen LogP contribution in [0.4, 0.5) is 10.3 Å². The Morgan fingerprint density at radius 2 is 2.15 bits per heavy atom. The van der Waals surface area contributed by atoms with Crippen molar-refractivity contribution in [1.29, 1.82) is 0 Å². The molecule has 1 N–H and O–H groups in total. The number of carbonyl (C=O) groups excluding carboxylic acids is 1. The molecule has 2 aliphatic rings. The molecule has 2 aliphatic heterocycles. The zero-order chi connectivity index (χ0) is 19.0. The summed E-state index contributed by atoms with van der Waals surface area (Å²) in [5.41, 5.74) is 1.68. The van der Waals surface area contributed by atoms with Crippen molar-refractivity contribution in [3.05, 3.63) is 40.3 Å². The first kappa shape index (κ1) is 18.1. The molecule has 1 aromatic carbocycles. The van der Waals surface area contributed by atoms with Gasteiger partial charge in [-0.2, -0.15) is 0 Å². The summed E-state index contributed by atoms with van der Waals surface area (Å²) in [5, 5.41) is 3.59. The van der Waals surface area contributed by atoms with E-state index in [4.69, 9.17) is 16.3 Å². The Kier molecular flexibility index (Phi) is 4.97. The highest BCUT2D eigenvalue weighted by atomic mass is 35.5. The minimum atomic E-state index is -0.416. The fourth-order valence-electron chi connectivity index (χ4n) is 3.48. The molecule has 1 aromatic heterocycles. The van der Waals surface area contributed by atoms with Crippen LogP contribution < -0.4 is 5.32 Å². The van der Waals surface area contributed by atoms with Crippen LogP contribution in [0.3, 0.4) is 0 Å². The van der Waals surface area contributed by atoms with Crippen LogP contribution in [0.1, 0.15) is 35.7 Å². The molecule has 0 saturated carbocycles. The number of benzene rings is 1. The SMILES string of the molecule is CCN1Cc2c(F)cc(-c3nc(NC4CCOCC4)ncc3Cl)cc2C1=O. The van der Waals surface area contributed by atoms with Gasteiger partial charge >= 0.3 is 0 Å². The van der Waals surface area contributed by atoms with Gasteiger partial charge in [0.2, 0.25) is 5.95 Å². The van der Waals surface area contributed by atoms with Gasteiger partial charge in [0.1, 0.15) is 5.82 Å². The lowest BCUT2D eigenvalue weighted by Crippen LogP contribution is -2.28. The van der Waals surface area contributed by atoms with Gasteiger partial charge in [-0.1, -0.05) is 11.6 Å². The average molecular weight is 391 g/mol. The number of hydrogen-bond acceptors (Lipinski definition) is 5. The summed E-state index contributed by atoms with van der Waals surface area (Å²) in [4.78, 5) is 22.8. The van der Waals surface area contributed by atoms with Crippen molar-refractivity contribution >= 4 is 23.5 Å². The van der Waals surface area contributed by atoms with Crippen LogP contribution in [0.25, 0.3) is 11.3 Å². The average Bonchev–Trinajstić information content (AvgIpc) is 3.01. The summed E-state index contributed by atoms with van der Waals surface area (Å²) in [6.45, 7) is 4.10. The molecule has 27 heavy (non-hydrogen) atoms. The molecule has 0 spiro atoms. The van der Waals surface area contributed by atoms with Gasteiger partial charge in [-0.05, 0) is 31.9 Å². The molecule has 0 radical (unpaired) electrons. The largest absolute Gasteiger partial charge is 0.381 e. The molecule has 6 nitrogen and oxygen atoms in total. The third kappa shape index (κ3) is 3.49. The van der Waals surface area contributed by atoms with Crippen LogP contribution in [0, 0.1) is 5.82 Å². The molecule has 0 unspecified atom stereocenters. The molecule has 0 bridgehead atoms.